The maximum Gasteiger partial charge on any atom is 0.338 e. The van der Waals surface area contributed by atoms with Crippen molar-refractivity contribution in [3.05, 3.63) is 30.1 Å². The molecule has 16 heteroatoms. The maximum absolute atomic E-state index is 11.9. The zero-order valence-corrected chi connectivity index (χ0v) is 54.0. The summed E-state index contributed by atoms with van der Waals surface area (Å²) in [6.07, 6.45) is 12.9. The maximum atomic E-state index is 11.9. The lowest BCUT2D eigenvalue weighted by Crippen LogP contribution is -2.51. The Morgan fingerprint density at radius 3 is 1.00 bits per heavy atom. The lowest BCUT2D eigenvalue weighted by Gasteiger charge is -2.37. The number of esters is 5. The van der Waals surface area contributed by atoms with Crippen LogP contribution in [0.4, 0.5) is 0 Å². The minimum atomic E-state index is -0.251. The molecule has 454 valence electrons. The van der Waals surface area contributed by atoms with Gasteiger partial charge in [0, 0.05) is 40.1 Å². The fourth-order valence-electron chi connectivity index (χ4n) is 10.00. The summed E-state index contributed by atoms with van der Waals surface area (Å²) in [7, 11) is 6.21. The molecule has 77 heavy (non-hydrogen) atoms. The Kier molecular flexibility index (Phi) is 48.8. The molecule has 4 atom stereocenters. The van der Waals surface area contributed by atoms with Gasteiger partial charge in [-0.25, -0.2) is 4.79 Å². The van der Waals surface area contributed by atoms with E-state index in [9.17, 15) is 24.0 Å². The third-order valence-electron chi connectivity index (χ3n) is 14.4. The summed E-state index contributed by atoms with van der Waals surface area (Å²) in [5, 5.41) is 0. The third kappa shape index (κ3) is 42.9. The van der Waals surface area contributed by atoms with Crippen LogP contribution in [0.3, 0.4) is 0 Å². The van der Waals surface area contributed by atoms with Crippen LogP contribution in [0.1, 0.15) is 186 Å². The second-order valence-electron chi connectivity index (χ2n) is 22.0. The number of rotatable bonds is 36. The highest BCUT2D eigenvalue weighted by Crippen LogP contribution is 2.14. The van der Waals surface area contributed by atoms with Gasteiger partial charge in [0.05, 0.1) is 105 Å². The predicted molar refractivity (Wildman–Crippen MR) is 317 cm³/mol. The molecule has 0 aromatic carbocycles. The van der Waals surface area contributed by atoms with Crippen LogP contribution in [0.25, 0.3) is 0 Å². The molecule has 16 nitrogen and oxygen atoms in total. The number of quaternary nitrogens is 5. The molecule has 0 aliphatic heterocycles. The zero-order chi connectivity index (χ0) is 60.0. The number of nitrogens with zero attached hydrogens (tertiary/aromatic N) is 6. The van der Waals surface area contributed by atoms with E-state index in [0.717, 1.165) is 107 Å². The molecular weight excluding hydrogens is 977 g/mol. The number of ether oxygens (including phenoxy) is 5. The molecule has 4 unspecified atom stereocenters. The van der Waals surface area contributed by atoms with E-state index in [2.05, 4.69) is 109 Å². The van der Waals surface area contributed by atoms with Gasteiger partial charge < -0.3 is 46.1 Å². The molecular formula is C61H125N6O10+5. The van der Waals surface area contributed by atoms with Gasteiger partial charge in [-0.15, -0.1) is 0 Å². The summed E-state index contributed by atoms with van der Waals surface area (Å²) in [5.41, 5.74) is 0.573. The van der Waals surface area contributed by atoms with E-state index in [1.165, 1.54) is 105 Å². The Hall–Kier alpha value is -3.70. The topological polar surface area (TPSA) is 144 Å². The van der Waals surface area contributed by atoms with Crippen LogP contribution in [0, 0.1) is 0 Å². The number of unbranched alkanes of at least 4 members (excludes halogenated alkanes) is 2. The number of hydrogen-bond donors (Lipinski definition) is 0. The van der Waals surface area contributed by atoms with E-state index in [0.29, 0.717) is 25.4 Å². The second kappa shape index (κ2) is 47.1. The van der Waals surface area contributed by atoms with Crippen LogP contribution in [-0.2, 0) is 42.9 Å². The Labute approximate surface area is 473 Å². The van der Waals surface area contributed by atoms with Crippen molar-refractivity contribution in [2.45, 2.75) is 188 Å². The van der Waals surface area contributed by atoms with Crippen LogP contribution in [-0.4, -0.2) is 222 Å². The summed E-state index contributed by atoms with van der Waals surface area (Å²) in [6.45, 7) is 56.2. The van der Waals surface area contributed by atoms with E-state index in [1.54, 1.807) is 24.5 Å². The molecule has 0 N–H and O–H groups in total. The van der Waals surface area contributed by atoms with Crippen LogP contribution < -0.4 is 0 Å². The average molecular weight is 1100 g/mol. The molecule has 0 bridgehead atoms. The highest BCUT2D eigenvalue weighted by Gasteiger charge is 2.27. The molecule has 1 rings (SSSR count). The largest absolute Gasteiger partial charge is 0.460 e. The SMILES string of the molecule is CC(=O)OC(C)C[N+](C)(C)C.CCCC[N+](CC)(CCC)CCOC(=O)c1ccncc1.CCCC[N+](CC)(CCC)CCOC(C)=O.CCC[N+](CC)(CCC)CCOC(C)=O.CC[N+](CC)(CC)CC(C)OC(C)=O. The van der Waals surface area contributed by atoms with Crippen molar-refractivity contribution >= 4 is 29.8 Å². The number of carbonyl (C=O) groups is 5. The van der Waals surface area contributed by atoms with Gasteiger partial charge >= 0.3 is 29.8 Å². The molecule has 0 spiro atoms. The second-order valence-corrected chi connectivity index (χ2v) is 22.0. The van der Waals surface area contributed by atoms with Crippen molar-refractivity contribution in [1.82, 2.24) is 4.98 Å². The van der Waals surface area contributed by atoms with Crippen molar-refractivity contribution in [1.29, 1.82) is 0 Å². The van der Waals surface area contributed by atoms with Gasteiger partial charge in [0.15, 0.2) is 0 Å². The highest BCUT2D eigenvalue weighted by molar-refractivity contribution is 5.89. The summed E-state index contributed by atoms with van der Waals surface area (Å²) in [5.74, 6) is -0.971. The van der Waals surface area contributed by atoms with Gasteiger partial charge in [0.25, 0.3) is 0 Å². The number of aromatic nitrogens is 1. The molecule has 1 aromatic rings. The fraction of sp³-hybridized carbons (Fsp3) is 0.836. The number of carbonyl (C=O) groups excluding carboxylic acids is 5. The summed E-state index contributed by atoms with van der Waals surface area (Å²) in [6, 6.07) is 3.38. The Bertz CT molecular complexity index is 1610. The van der Waals surface area contributed by atoms with Crippen molar-refractivity contribution in [2.24, 2.45) is 0 Å². The molecule has 0 amide bonds. The minimum Gasteiger partial charge on any atom is -0.460 e. The predicted octanol–water partition coefficient (Wildman–Crippen LogP) is 10.5. The third-order valence-corrected chi connectivity index (χ3v) is 14.4. The summed E-state index contributed by atoms with van der Waals surface area (Å²) >= 11 is 0. The van der Waals surface area contributed by atoms with Gasteiger partial charge in [-0.3, -0.25) is 24.2 Å². The molecule has 1 heterocycles. The van der Waals surface area contributed by atoms with E-state index >= 15 is 0 Å². The van der Waals surface area contributed by atoms with E-state index in [1.807, 2.05) is 13.8 Å². The van der Waals surface area contributed by atoms with Gasteiger partial charge in [0.2, 0.25) is 0 Å². The molecule has 0 fully saturated rings. The first-order valence-corrected chi connectivity index (χ1v) is 30.1. The quantitative estimate of drug-likeness (QED) is 0.0360. The lowest BCUT2D eigenvalue weighted by atomic mass is 10.2. The first kappa shape index (κ1) is 79.8. The van der Waals surface area contributed by atoms with Gasteiger partial charge in [0.1, 0.15) is 64.8 Å². The lowest BCUT2D eigenvalue weighted by molar-refractivity contribution is -0.927. The smallest absolute Gasteiger partial charge is 0.338 e. The van der Waals surface area contributed by atoms with Crippen molar-refractivity contribution in [2.75, 3.05) is 152 Å². The number of hydrogen-bond acceptors (Lipinski definition) is 11. The van der Waals surface area contributed by atoms with Crippen LogP contribution in [0.15, 0.2) is 24.5 Å². The molecule has 0 aliphatic rings. The van der Waals surface area contributed by atoms with Crippen molar-refractivity contribution in [3.63, 3.8) is 0 Å². The van der Waals surface area contributed by atoms with Crippen molar-refractivity contribution < 1.29 is 70.1 Å². The molecule has 1 aromatic heterocycles. The Balaban J connectivity index is -0.000000440. The highest BCUT2D eigenvalue weighted by atomic mass is 16.6. The van der Waals surface area contributed by atoms with Crippen LogP contribution >= 0.6 is 0 Å². The van der Waals surface area contributed by atoms with Gasteiger partial charge in [-0.05, 0) is 106 Å². The van der Waals surface area contributed by atoms with Crippen LogP contribution in [0.5, 0.6) is 0 Å². The first-order valence-electron chi connectivity index (χ1n) is 30.1. The number of pyridine rings is 1. The van der Waals surface area contributed by atoms with E-state index in [4.69, 9.17) is 23.7 Å². The molecule has 0 saturated carbocycles. The first-order chi connectivity index (χ1) is 36.2. The molecule has 0 radical (unpaired) electrons. The average Bonchev–Trinajstić information content (AvgIpc) is 3.36. The van der Waals surface area contributed by atoms with Crippen molar-refractivity contribution in [3.8, 4) is 0 Å². The monoisotopic (exact) mass is 1100 g/mol. The Morgan fingerprint density at radius 2 is 0.727 bits per heavy atom. The summed E-state index contributed by atoms with van der Waals surface area (Å²) < 4.78 is 30.7. The molecule has 0 aliphatic carbocycles. The number of likely N-dealkylation sites (N-methyl/N-ethyl adjacent to an activating group) is 5. The molecule has 0 saturated heterocycles. The zero-order valence-electron chi connectivity index (χ0n) is 54.0. The summed E-state index contributed by atoms with van der Waals surface area (Å²) in [4.78, 5) is 58.6. The van der Waals surface area contributed by atoms with E-state index < -0.39 is 0 Å². The Morgan fingerprint density at radius 1 is 0.416 bits per heavy atom. The fourth-order valence-corrected chi connectivity index (χ4v) is 10.00. The normalized spacial score (nSPS) is 13.5. The van der Waals surface area contributed by atoms with Gasteiger partial charge in [-0.1, -0.05) is 54.4 Å². The van der Waals surface area contributed by atoms with Gasteiger partial charge in [-0.2, -0.15) is 0 Å². The minimum absolute atomic E-state index is 0.00694. The van der Waals surface area contributed by atoms with E-state index in [-0.39, 0.29) is 42.1 Å². The van der Waals surface area contributed by atoms with Crippen LogP contribution in [0.2, 0.25) is 0 Å². The standard InChI is InChI=1S/C17H29N2O2.C13H28NO2.C12H26NO2.C11H24NO2.C8H18NO2/c1-4-7-13-19(6-3,12-5-2)14-15-21-17(20)16-8-10-18-11-9-16;1-5-8-10-14(7-3,9-6-2)11-12-16-13(4)15;1-5-8-13(7-3,9-6-2)10-11-15-12(4)14;1-6-12(7-2,8-3)9-10(4)14-11(5)13;1-7(11-8(2)10)6-9(3,4)5/h8-11H,4-7,12-15H2,1-3H3;5-12H2,1-4H3;5-11H2,1-4H3;10H,6-9H2,1-5H3;7H,6H2,1-5H3/q5*+1.